The molecule has 32 heavy (non-hydrogen) atoms. The maximum absolute atomic E-state index is 12.3. The van der Waals surface area contributed by atoms with Crippen LogP contribution < -0.4 is 0 Å². The lowest BCUT2D eigenvalue weighted by atomic mass is 9.58. The Morgan fingerprint density at radius 1 is 1.22 bits per heavy atom. The van der Waals surface area contributed by atoms with E-state index < -0.39 is 6.09 Å². The number of hydrogen-bond donors (Lipinski definition) is 1. The van der Waals surface area contributed by atoms with Gasteiger partial charge in [0.25, 0.3) is 0 Å². The number of carboxylic acid groups (broad SMARTS) is 1. The molecule has 1 amide bonds. The first-order valence-electron chi connectivity index (χ1n) is 12.5. The van der Waals surface area contributed by atoms with Crippen LogP contribution in [0, 0.1) is 11.8 Å². The summed E-state index contributed by atoms with van der Waals surface area (Å²) in [5.41, 5.74) is 0.486. The van der Waals surface area contributed by atoms with Gasteiger partial charge in [0.05, 0.1) is 30.0 Å². The summed E-state index contributed by atoms with van der Waals surface area (Å²) < 4.78 is 18.8. The average Bonchev–Trinajstić information content (AvgIpc) is 3.56. The predicted molar refractivity (Wildman–Crippen MR) is 121 cm³/mol. The number of epoxide rings is 2. The fraction of sp³-hybridized carbons (Fsp3) is 0.880. The number of ether oxygens (including phenoxy) is 3. The summed E-state index contributed by atoms with van der Waals surface area (Å²) in [6.07, 6.45) is 7.72. The van der Waals surface area contributed by atoms with Gasteiger partial charge >= 0.3 is 6.09 Å². The Kier molecular flexibility index (Phi) is 5.63. The van der Waals surface area contributed by atoms with Gasteiger partial charge in [0, 0.05) is 32.0 Å². The largest absolute Gasteiger partial charge is 0.465 e. The quantitative estimate of drug-likeness (QED) is 0.474. The van der Waals surface area contributed by atoms with Crippen molar-refractivity contribution in [3.63, 3.8) is 0 Å². The van der Waals surface area contributed by atoms with Gasteiger partial charge in [-0.15, -0.1) is 0 Å². The van der Waals surface area contributed by atoms with E-state index in [0.29, 0.717) is 6.54 Å². The zero-order valence-corrected chi connectivity index (χ0v) is 20.1. The van der Waals surface area contributed by atoms with Gasteiger partial charge in [-0.3, -0.25) is 0 Å². The van der Waals surface area contributed by atoms with Gasteiger partial charge in [-0.05, 0) is 72.4 Å². The number of hydrogen-bond acceptors (Lipinski definition) is 5. The summed E-state index contributed by atoms with van der Waals surface area (Å²) >= 11 is 0. The van der Waals surface area contributed by atoms with Crippen molar-refractivity contribution in [2.24, 2.45) is 11.8 Å². The number of likely N-dealkylation sites (tertiary alicyclic amines) is 2. The first kappa shape index (κ1) is 22.6. The molecule has 4 heterocycles. The molecule has 0 radical (unpaired) electrons. The molecule has 4 saturated heterocycles. The third-order valence-corrected chi connectivity index (χ3v) is 9.22. The Bertz CT molecular complexity index is 772. The molecule has 7 atom stereocenters. The molecule has 0 aromatic heterocycles. The number of carbonyl (C=O) groups is 1. The minimum absolute atomic E-state index is 0.0716. The van der Waals surface area contributed by atoms with Crippen LogP contribution in [-0.4, -0.2) is 89.8 Å². The van der Waals surface area contributed by atoms with Crippen LogP contribution in [0.15, 0.2) is 11.6 Å². The SMILES string of the molecule is CO[C@@H]1[C@H]([C@@]2(C)O[C@@H]2CC=C(C)C)[C@]2(CC[C@@H]1[C@]1(CN3CCCC3)CCN1C(=O)O)CO2. The van der Waals surface area contributed by atoms with Crippen molar-refractivity contribution in [1.29, 1.82) is 0 Å². The molecule has 4 aliphatic heterocycles. The Labute approximate surface area is 192 Å². The standard InChI is InChI=1S/C25H40N2O5/c1-17(2)7-8-19-23(3,32-19)21-20(30-4)18(9-10-25(21)16-31-25)24(11-14-27(24)22(28)29)15-26-12-5-6-13-26/h7,18-21H,5-6,8-16H2,1-4H3,(H,28,29)/t18-,19+,20-,21+,23-,24+,25-/m0/s1. The summed E-state index contributed by atoms with van der Waals surface area (Å²) in [6, 6.07) is 0. The van der Waals surface area contributed by atoms with Gasteiger partial charge in [-0.25, -0.2) is 4.79 Å². The highest BCUT2D eigenvalue weighted by Crippen LogP contribution is 2.62. The fourth-order valence-electron chi connectivity index (χ4n) is 7.35. The third kappa shape index (κ3) is 3.51. The first-order chi connectivity index (χ1) is 15.3. The molecule has 7 nitrogen and oxygen atoms in total. The highest BCUT2D eigenvalue weighted by molar-refractivity contribution is 5.68. The minimum atomic E-state index is -0.792. The van der Waals surface area contributed by atoms with Crippen LogP contribution in [0.3, 0.4) is 0 Å². The Balaban J connectivity index is 1.45. The van der Waals surface area contributed by atoms with E-state index in [2.05, 4.69) is 31.7 Å². The van der Waals surface area contributed by atoms with Crippen molar-refractivity contribution in [3.8, 4) is 0 Å². The molecule has 5 rings (SSSR count). The molecule has 1 aliphatic carbocycles. The molecular weight excluding hydrogens is 408 g/mol. The third-order valence-electron chi connectivity index (χ3n) is 9.22. The monoisotopic (exact) mass is 448 g/mol. The average molecular weight is 449 g/mol. The highest BCUT2D eigenvalue weighted by Gasteiger charge is 2.74. The van der Waals surface area contributed by atoms with E-state index in [1.807, 2.05) is 0 Å². The second kappa shape index (κ2) is 7.97. The summed E-state index contributed by atoms with van der Waals surface area (Å²) in [5.74, 6) is 0.281. The molecule has 0 bridgehead atoms. The van der Waals surface area contributed by atoms with Crippen molar-refractivity contribution in [1.82, 2.24) is 9.80 Å². The fourth-order valence-corrected chi connectivity index (χ4v) is 7.35. The van der Waals surface area contributed by atoms with Crippen molar-refractivity contribution in [3.05, 3.63) is 11.6 Å². The molecule has 1 N–H and O–H groups in total. The summed E-state index contributed by atoms with van der Waals surface area (Å²) in [7, 11) is 1.80. The van der Waals surface area contributed by atoms with Gasteiger partial charge in [-0.2, -0.15) is 0 Å². The lowest BCUT2D eigenvalue weighted by Crippen LogP contribution is -2.73. The van der Waals surface area contributed by atoms with Crippen LogP contribution in [0.4, 0.5) is 4.79 Å². The van der Waals surface area contributed by atoms with Crippen molar-refractivity contribution in [2.75, 3.05) is 39.9 Å². The number of methoxy groups -OCH3 is 1. The maximum atomic E-state index is 12.3. The van der Waals surface area contributed by atoms with E-state index >= 15 is 0 Å². The van der Waals surface area contributed by atoms with E-state index in [0.717, 1.165) is 51.9 Å². The van der Waals surface area contributed by atoms with Crippen LogP contribution in [0.5, 0.6) is 0 Å². The number of allylic oxidation sites excluding steroid dienone is 1. The topological polar surface area (TPSA) is 78.1 Å². The summed E-state index contributed by atoms with van der Waals surface area (Å²) in [4.78, 5) is 16.4. The van der Waals surface area contributed by atoms with Gasteiger partial charge < -0.3 is 29.1 Å². The van der Waals surface area contributed by atoms with Gasteiger partial charge in [0.2, 0.25) is 0 Å². The zero-order valence-electron chi connectivity index (χ0n) is 20.1. The second-order valence-electron chi connectivity index (χ2n) is 11.3. The van der Waals surface area contributed by atoms with Crippen LogP contribution in [0.2, 0.25) is 0 Å². The minimum Gasteiger partial charge on any atom is -0.465 e. The maximum Gasteiger partial charge on any atom is 0.407 e. The van der Waals surface area contributed by atoms with E-state index in [1.165, 1.54) is 18.4 Å². The molecule has 180 valence electrons. The summed E-state index contributed by atoms with van der Waals surface area (Å²) in [6.45, 7) is 10.8. The molecule has 0 aromatic rings. The highest BCUT2D eigenvalue weighted by atomic mass is 16.6. The normalized spacial score (nSPS) is 45.6. The van der Waals surface area contributed by atoms with Gasteiger partial charge in [0.1, 0.15) is 5.60 Å². The molecule has 5 aliphatic rings. The van der Waals surface area contributed by atoms with E-state index in [9.17, 15) is 9.90 Å². The van der Waals surface area contributed by atoms with E-state index in [1.54, 1.807) is 12.0 Å². The molecule has 1 saturated carbocycles. The predicted octanol–water partition coefficient (Wildman–Crippen LogP) is 3.53. The van der Waals surface area contributed by atoms with Crippen molar-refractivity contribution in [2.45, 2.75) is 88.2 Å². The Morgan fingerprint density at radius 2 is 1.94 bits per heavy atom. The number of amides is 1. The lowest BCUT2D eigenvalue weighted by molar-refractivity contribution is -0.156. The van der Waals surface area contributed by atoms with Gasteiger partial charge in [0.15, 0.2) is 0 Å². The lowest BCUT2D eigenvalue weighted by Gasteiger charge is -2.60. The number of rotatable bonds is 7. The molecular formula is C25H40N2O5. The molecule has 0 unspecified atom stereocenters. The van der Waals surface area contributed by atoms with Crippen LogP contribution in [-0.2, 0) is 14.2 Å². The smallest absolute Gasteiger partial charge is 0.407 e. The van der Waals surface area contributed by atoms with Crippen molar-refractivity contribution >= 4 is 6.09 Å². The Hall–Kier alpha value is -1.15. The van der Waals surface area contributed by atoms with E-state index in [4.69, 9.17) is 14.2 Å². The molecule has 7 heteroatoms. The second-order valence-corrected chi connectivity index (χ2v) is 11.3. The van der Waals surface area contributed by atoms with Crippen LogP contribution >= 0.6 is 0 Å². The molecule has 0 aromatic carbocycles. The molecule has 5 fully saturated rings. The first-order valence-corrected chi connectivity index (χ1v) is 12.5. The van der Waals surface area contributed by atoms with Crippen LogP contribution in [0.25, 0.3) is 0 Å². The zero-order chi connectivity index (χ0) is 22.7. The van der Waals surface area contributed by atoms with Crippen molar-refractivity contribution < 1.29 is 24.1 Å². The van der Waals surface area contributed by atoms with Crippen LogP contribution in [0.1, 0.15) is 59.3 Å². The van der Waals surface area contributed by atoms with E-state index in [-0.39, 0.29) is 40.8 Å². The van der Waals surface area contributed by atoms with Gasteiger partial charge in [-0.1, -0.05) is 11.6 Å². The summed E-state index contributed by atoms with van der Waals surface area (Å²) in [5, 5.41) is 10.1. The number of nitrogens with zero attached hydrogens (tertiary/aromatic N) is 2. The molecule has 1 spiro atoms. The Morgan fingerprint density at radius 3 is 2.47 bits per heavy atom.